The fraction of sp³-hybridized carbons (Fsp3) is 0.880. The van der Waals surface area contributed by atoms with E-state index in [1.807, 2.05) is 6.92 Å². The summed E-state index contributed by atoms with van der Waals surface area (Å²) in [5.74, 6) is 3.89. The van der Waals surface area contributed by atoms with E-state index in [4.69, 9.17) is 9.47 Å². The number of carbonyl (C=O) groups is 1. The van der Waals surface area contributed by atoms with E-state index < -0.39 is 0 Å². The maximum absolute atomic E-state index is 11.4. The molecule has 1 aliphatic heterocycles. The van der Waals surface area contributed by atoms with Crippen molar-refractivity contribution in [3.8, 4) is 0 Å². The monoisotopic (exact) mass is 394 g/mol. The first-order chi connectivity index (χ1) is 12.9. The van der Waals surface area contributed by atoms with E-state index in [1.54, 1.807) is 6.92 Å². The van der Waals surface area contributed by atoms with Gasteiger partial charge in [0, 0.05) is 12.3 Å². The molecule has 1 fully saturated rings. The van der Waals surface area contributed by atoms with Crippen molar-refractivity contribution < 1.29 is 14.3 Å². The number of Topliss-reactive ketones (excluding diaryl/α,β-unsaturated/α-hetero) is 1. The van der Waals surface area contributed by atoms with Crippen LogP contribution in [-0.4, -0.2) is 24.8 Å². The Labute approximate surface area is 174 Å². The summed E-state index contributed by atoms with van der Waals surface area (Å²) in [6, 6.07) is 0. The van der Waals surface area contributed by atoms with Crippen LogP contribution in [0.4, 0.5) is 0 Å². The topological polar surface area (TPSA) is 35.5 Å². The van der Waals surface area contributed by atoms with Crippen LogP contribution in [0.2, 0.25) is 0 Å². The number of hydrogen-bond acceptors (Lipinski definition) is 3. The second kappa shape index (κ2) is 11.5. The summed E-state index contributed by atoms with van der Waals surface area (Å²) in [5, 5.41) is 0. The van der Waals surface area contributed by atoms with Crippen molar-refractivity contribution in [2.75, 3.05) is 6.61 Å². The summed E-state index contributed by atoms with van der Waals surface area (Å²) >= 11 is 0. The number of rotatable bonds is 10. The van der Waals surface area contributed by atoms with Crippen molar-refractivity contribution in [3.05, 3.63) is 11.6 Å². The lowest BCUT2D eigenvalue weighted by atomic mass is 9.75. The Morgan fingerprint density at radius 2 is 1.54 bits per heavy atom. The predicted molar refractivity (Wildman–Crippen MR) is 118 cm³/mol. The molecule has 0 aromatic carbocycles. The molecule has 1 rings (SSSR count). The second-order valence-electron chi connectivity index (χ2n) is 9.99. The minimum absolute atomic E-state index is 0.0906. The summed E-state index contributed by atoms with van der Waals surface area (Å²) in [7, 11) is 0. The molecule has 0 aliphatic carbocycles. The van der Waals surface area contributed by atoms with Gasteiger partial charge >= 0.3 is 0 Å². The summed E-state index contributed by atoms with van der Waals surface area (Å²) < 4.78 is 11.8. The van der Waals surface area contributed by atoms with Crippen molar-refractivity contribution in [1.29, 1.82) is 0 Å². The number of carbonyl (C=O) groups excluding carboxylic acids is 1. The van der Waals surface area contributed by atoms with Crippen LogP contribution in [0.5, 0.6) is 0 Å². The quantitative estimate of drug-likeness (QED) is 0.396. The molecule has 0 spiro atoms. The Morgan fingerprint density at radius 1 is 0.964 bits per heavy atom. The van der Waals surface area contributed by atoms with Gasteiger partial charge in [0.05, 0.1) is 12.7 Å². The third-order valence-corrected chi connectivity index (χ3v) is 7.28. The first-order valence-corrected chi connectivity index (χ1v) is 11.4. The Hall–Kier alpha value is -0.670. The Kier molecular flexibility index (Phi) is 10.4. The zero-order chi connectivity index (χ0) is 21.6. The molecule has 8 unspecified atom stereocenters. The zero-order valence-electron chi connectivity index (χ0n) is 20.1. The molecule has 1 aliphatic rings. The highest BCUT2D eigenvalue weighted by atomic mass is 16.7. The summed E-state index contributed by atoms with van der Waals surface area (Å²) in [4.78, 5) is 11.4. The van der Waals surface area contributed by atoms with E-state index in [1.165, 1.54) is 5.57 Å². The van der Waals surface area contributed by atoms with Gasteiger partial charge in [-0.3, -0.25) is 0 Å². The highest BCUT2D eigenvalue weighted by molar-refractivity contribution is 5.75. The fourth-order valence-electron chi connectivity index (χ4n) is 4.76. The van der Waals surface area contributed by atoms with E-state index in [2.05, 4.69) is 61.5 Å². The van der Waals surface area contributed by atoms with E-state index in [9.17, 15) is 4.79 Å². The fourth-order valence-corrected chi connectivity index (χ4v) is 4.76. The lowest BCUT2D eigenvalue weighted by Gasteiger charge is -2.40. The molecule has 9 atom stereocenters. The standard InChI is InChI=1S/C25H46O3/c1-15(11-16(2)21(7)18(4)13-20(6)26)12-17(3)22(8)23(9)25-19(5)14-27-24(10)28-25/h11,16-19,21-25H,12-14H2,1-10H3/b15-11-/t16?,17?,18-,19?,21?,22?,23?,24?,25?/m0/s1. The van der Waals surface area contributed by atoms with Gasteiger partial charge in [0.15, 0.2) is 6.29 Å². The van der Waals surface area contributed by atoms with E-state index in [0.717, 1.165) is 13.0 Å². The van der Waals surface area contributed by atoms with Crippen molar-refractivity contribution in [2.45, 2.75) is 94.5 Å². The molecule has 0 amide bonds. The van der Waals surface area contributed by atoms with Gasteiger partial charge < -0.3 is 14.3 Å². The van der Waals surface area contributed by atoms with Gasteiger partial charge in [-0.1, -0.05) is 60.1 Å². The minimum Gasteiger partial charge on any atom is -0.353 e. The smallest absolute Gasteiger partial charge is 0.155 e. The molecule has 3 heteroatoms. The minimum atomic E-state index is -0.0906. The van der Waals surface area contributed by atoms with Crippen molar-refractivity contribution in [2.24, 2.45) is 41.4 Å². The van der Waals surface area contributed by atoms with E-state index in [0.29, 0.717) is 53.6 Å². The molecule has 3 nitrogen and oxygen atoms in total. The number of allylic oxidation sites excluding steroid dienone is 2. The second-order valence-corrected chi connectivity index (χ2v) is 9.99. The van der Waals surface area contributed by atoms with Crippen molar-refractivity contribution in [1.82, 2.24) is 0 Å². The van der Waals surface area contributed by atoms with Crippen LogP contribution in [0.1, 0.15) is 82.1 Å². The molecule has 0 aromatic heterocycles. The van der Waals surface area contributed by atoms with Gasteiger partial charge in [0.2, 0.25) is 0 Å². The van der Waals surface area contributed by atoms with Crippen LogP contribution < -0.4 is 0 Å². The molecule has 28 heavy (non-hydrogen) atoms. The number of hydrogen-bond donors (Lipinski definition) is 0. The van der Waals surface area contributed by atoms with Crippen LogP contribution >= 0.6 is 0 Å². The lowest BCUT2D eigenvalue weighted by molar-refractivity contribution is -0.240. The molecule has 164 valence electrons. The van der Waals surface area contributed by atoms with Crippen LogP contribution in [0.3, 0.4) is 0 Å². The van der Waals surface area contributed by atoms with Crippen molar-refractivity contribution >= 4 is 5.78 Å². The molecular weight excluding hydrogens is 348 g/mol. The maximum Gasteiger partial charge on any atom is 0.155 e. The average Bonchev–Trinajstić information content (AvgIpc) is 2.60. The third kappa shape index (κ3) is 7.63. The zero-order valence-corrected chi connectivity index (χ0v) is 20.1. The highest BCUT2D eigenvalue weighted by Crippen LogP contribution is 2.35. The van der Waals surface area contributed by atoms with E-state index in [-0.39, 0.29) is 12.4 Å². The molecule has 1 heterocycles. The molecular formula is C25H46O3. The predicted octanol–water partition coefficient (Wildman–Crippen LogP) is 6.52. The van der Waals surface area contributed by atoms with Gasteiger partial charge in [-0.05, 0) is 62.7 Å². The maximum atomic E-state index is 11.4. The first kappa shape index (κ1) is 25.4. The lowest BCUT2D eigenvalue weighted by Crippen LogP contribution is -2.43. The van der Waals surface area contributed by atoms with Gasteiger partial charge in [0.25, 0.3) is 0 Å². The molecule has 0 N–H and O–H groups in total. The summed E-state index contributed by atoms with van der Waals surface area (Å²) in [5.41, 5.74) is 1.47. The Bertz CT molecular complexity index is 512. The Balaban J connectivity index is 2.64. The van der Waals surface area contributed by atoms with Gasteiger partial charge in [-0.2, -0.15) is 0 Å². The van der Waals surface area contributed by atoms with E-state index >= 15 is 0 Å². The summed E-state index contributed by atoms with van der Waals surface area (Å²) in [6.07, 6.45) is 4.43. The van der Waals surface area contributed by atoms with Gasteiger partial charge in [-0.15, -0.1) is 0 Å². The molecule has 0 saturated carbocycles. The first-order valence-electron chi connectivity index (χ1n) is 11.4. The third-order valence-electron chi connectivity index (χ3n) is 7.28. The van der Waals surface area contributed by atoms with Crippen LogP contribution in [0, 0.1) is 41.4 Å². The van der Waals surface area contributed by atoms with Crippen LogP contribution in [-0.2, 0) is 14.3 Å². The molecule has 0 aromatic rings. The number of ether oxygens (including phenoxy) is 2. The van der Waals surface area contributed by atoms with Crippen molar-refractivity contribution in [3.63, 3.8) is 0 Å². The summed E-state index contributed by atoms with van der Waals surface area (Å²) in [6.45, 7) is 22.9. The molecule has 0 radical (unpaired) electrons. The van der Waals surface area contributed by atoms with Crippen LogP contribution in [0.15, 0.2) is 11.6 Å². The Morgan fingerprint density at radius 3 is 2.11 bits per heavy atom. The largest absolute Gasteiger partial charge is 0.353 e. The van der Waals surface area contributed by atoms with Gasteiger partial charge in [0.1, 0.15) is 5.78 Å². The SMILES string of the molecule is CC(=O)C[C@H](C)C(C)C(C)/C=C(/C)CC(C)C(C)C(C)C1OC(C)OCC1C. The average molecular weight is 395 g/mol. The normalized spacial score (nSPS) is 30.2. The highest BCUT2D eigenvalue weighted by Gasteiger charge is 2.35. The molecule has 0 bridgehead atoms. The number of ketones is 1. The van der Waals surface area contributed by atoms with Crippen LogP contribution in [0.25, 0.3) is 0 Å². The molecule has 1 saturated heterocycles. The van der Waals surface area contributed by atoms with Gasteiger partial charge in [-0.25, -0.2) is 0 Å².